The summed E-state index contributed by atoms with van der Waals surface area (Å²) in [7, 11) is 1.47. The van der Waals surface area contributed by atoms with Gasteiger partial charge in [0.05, 0.1) is 23.2 Å². The lowest BCUT2D eigenvalue weighted by Crippen LogP contribution is -2.31. The van der Waals surface area contributed by atoms with E-state index in [1.165, 1.54) is 11.9 Å². The summed E-state index contributed by atoms with van der Waals surface area (Å²) in [6.45, 7) is -0.689. The highest BCUT2D eigenvalue weighted by Gasteiger charge is 2.35. The standard InChI is InChI=1S/C12H15F3N2O4/c1-16(6-10(19)7-18)5-8-2-3-9(17(20)21)4-11(8)12(13,14)15/h2-4,10,18-19H,5-7H2,1H3. The molecule has 0 spiro atoms. The summed E-state index contributed by atoms with van der Waals surface area (Å²) in [6, 6.07) is 2.54. The van der Waals surface area contributed by atoms with Gasteiger partial charge in [-0.25, -0.2) is 0 Å². The second kappa shape index (κ2) is 6.83. The number of nitrogens with zero attached hydrogens (tertiary/aromatic N) is 2. The van der Waals surface area contributed by atoms with Gasteiger partial charge in [-0.05, 0) is 12.6 Å². The van der Waals surface area contributed by atoms with Gasteiger partial charge in [0.25, 0.3) is 5.69 Å². The van der Waals surface area contributed by atoms with E-state index < -0.39 is 35.1 Å². The molecule has 1 rings (SSSR count). The number of nitro groups is 1. The Bertz CT molecular complexity index is 508. The molecule has 0 saturated heterocycles. The van der Waals surface area contributed by atoms with Crippen molar-refractivity contribution in [2.45, 2.75) is 18.8 Å². The maximum Gasteiger partial charge on any atom is 0.416 e. The highest BCUT2D eigenvalue weighted by molar-refractivity contribution is 5.41. The lowest BCUT2D eigenvalue weighted by molar-refractivity contribution is -0.385. The first-order valence-electron chi connectivity index (χ1n) is 5.97. The molecule has 2 N–H and O–H groups in total. The predicted octanol–water partition coefficient (Wildman–Crippen LogP) is 1.40. The van der Waals surface area contributed by atoms with E-state index in [9.17, 15) is 28.4 Å². The van der Waals surface area contributed by atoms with Crippen molar-refractivity contribution < 1.29 is 28.3 Å². The molecule has 1 aromatic carbocycles. The summed E-state index contributed by atoms with van der Waals surface area (Å²) in [4.78, 5) is 11.1. The van der Waals surface area contributed by atoms with Crippen LogP contribution in [0.5, 0.6) is 0 Å². The number of halogens is 3. The van der Waals surface area contributed by atoms with Crippen LogP contribution in [0.4, 0.5) is 18.9 Å². The fourth-order valence-electron chi connectivity index (χ4n) is 1.85. The zero-order valence-corrected chi connectivity index (χ0v) is 11.2. The molecule has 6 nitrogen and oxygen atoms in total. The van der Waals surface area contributed by atoms with Crippen molar-refractivity contribution in [3.63, 3.8) is 0 Å². The van der Waals surface area contributed by atoms with Crippen molar-refractivity contribution in [1.29, 1.82) is 0 Å². The van der Waals surface area contributed by atoms with E-state index in [0.29, 0.717) is 6.07 Å². The lowest BCUT2D eigenvalue weighted by atomic mass is 10.1. The second-order valence-corrected chi connectivity index (χ2v) is 4.63. The molecule has 0 aliphatic carbocycles. The van der Waals surface area contributed by atoms with Crippen molar-refractivity contribution in [2.75, 3.05) is 20.2 Å². The Morgan fingerprint density at radius 1 is 1.43 bits per heavy atom. The van der Waals surface area contributed by atoms with Crippen LogP contribution in [0, 0.1) is 10.1 Å². The van der Waals surface area contributed by atoms with Gasteiger partial charge in [0.15, 0.2) is 0 Å². The van der Waals surface area contributed by atoms with Gasteiger partial charge in [-0.1, -0.05) is 6.07 Å². The van der Waals surface area contributed by atoms with Crippen molar-refractivity contribution >= 4 is 5.69 Å². The summed E-state index contributed by atoms with van der Waals surface area (Å²) >= 11 is 0. The Morgan fingerprint density at radius 3 is 2.52 bits per heavy atom. The molecule has 0 bridgehead atoms. The van der Waals surface area contributed by atoms with Crippen LogP contribution < -0.4 is 0 Å². The van der Waals surface area contributed by atoms with Crippen LogP contribution in [-0.2, 0) is 12.7 Å². The van der Waals surface area contributed by atoms with Crippen molar-refractivity contribution in [3.8, 4) is 0 Å². The first-order valence-corrected chi connectivity index (χ1v) is 5.97. The van der Waals surface area contributed by atoms with Crippen LogP contribution >= 0.6 is 0 Å². The molecule has 0 aromatic heterocycles. The Hall–Kier alpha value is -1.71. The number of hydrogen-bond donors (Lipinski definition) is 2. The lowest BCUT2D eigenvalue weighted by Gasteiger charge is -2.21. The van der Waals surface area contributed by atoms with E-state index in [1.807, 2.05) is 0 Å². The SMILES string of the molecule is CN(Cc1ccc([N+](=O)[O-])cc1C(F)(F)F)CC(O)CO. The van der Waals surface area contributed by atoms with Gasteiger partial charge >= 0.3 is 6.18 Å². The Kier molecular flexibility index (Phi) is 5.64. The van der Waals surface area contributed by atoms with Gasteiger partial charge in [0, 0.05) is 25.2 Å². The molecular weight excluding hydrogens is 293 g/mol. The van der Waals surface area contributed by atoms with Gasteiger partial charge in [0.2, 0.25) is 0 Å². The molecule has 0 saturated carbocycles. The largest absolute Gasteiger partial charge is 0.416 e. The molecular formula is C12H15F3N2O4. The van der Waals surface area contributed by atoms with Crippen LogP contribution in [0.15, 0.2) is 18.2 Å². The number of aliphatic hydroxyl groups excluding tert-OH is 2. The summed E-state index contributed by atoms with van der Waals surface area (Å²) in [5, 5.41) is 28.5. The Balaban J connectivity index is 3.03. The zero-order chi connectivity index (χ0) is 16.2. The van der Waals surface area contributed by atoms with E-state index in [0.717, 1.165) is 12.1 Å². The predicted molar refractivity (Wildman–Crippen MR) is 67.5 cm³/mol. The van der Waals surface area contributed by atoms with Crippen LogP contribution in [-0.4, -0.2) is 46.3 Å². The normalized spacial score (nSPS) is 13.5. The molecule has 118 valence electrons. The quantitative estimate of drug-likeness (QED) is 0.613. The van der Waals surface area contributed by atoms with Crippen LogP contribution in [0.3, 0.4) is 0 Å². The fourth-order valence-corrected chi connectivity index (χ4v) is 1.85. The smallest absolute Gasteiger partial charge is 0.394 e. The van der Waals surface area contributed by atoms with E-state index in [4.69, 9.17) is 5.11 Å². The fraction of sp³-hybridized carbons (Fsp3) is 0.500. The molecule has 0 fully saturated rings. The van der Waals surface area contributed by atoms with Gasteiger partial charge in [-0.2, -0.15) is 13.2 Å². The topological polar surface area (TPSA) is 86.8 Å². The number of aliphatic hydroxyl groups is 2. The van der Waals surface area contributed by atoms with E-state index in [2.05, 4.69) is 0 Å². The van der Waals surface area contributed by atoms with E-state index in [1.54, 1.807) is 0 Å². The van der Waals surface area contributed by atoms with Crippen molar-refractivity contribution in [2.24, 2.45) is 0 Å². The number of nitro benzene ring substituents is 1. The van der Waals surface area contributed by atoms with Gasteiger partial charge in [-0.15, -0.1) is 0 Å². The Labute approximate surface area is 118 Å². The molecule has 0 heterocycles. The molecule has 1 aromatic rings. The number of alkyl halides is 3. The molecule has 1 unspecified atom stereocenters. The number of rotatable bonds is 6. The average molecular weight is 308 g/mol. The third kappa shape index (κ3) is 4.96. The molecule has 0 aliphatic rings. The van der Waals surface area contributed by atoms with Gasteiger partial charge in [0.1, 0.15) is 0 Å². The zero-order valence-electron chi connectivity index (χ0n) is 11.2. The van der Waals surface area contributed by atoms with Crippen LogP contribution in [0.1, 0.15) is 11.1 Å². The monoisotopic (exact) mass is 308 g/mol. The third-order valence-electron chi connectivity index (χ3n) is 2.78. The molecule has 21 heavy (non-hydrogen) atoms. The minimum Gasteiger partial charge on any atom is -0.394 e. The summed E-state index contributed by atoms with van der Waals surface area (Å²) in [5.74, 6) is 0. The third-order valence-corrected chi connectivity index (χ3v) is 2.78. The Morgan fingerprint density at radius 2 is 2.05 bits per heavy atom. The number of non-ortho nitro benzene ring substituents is 1. The molecule has 1 atom stereocenters. The summed E-state index contributed by atoms with van der Waals surface area (Å²) in [5.41, 5.74) is -1.85. The maximum atomic E-state index is 12.9. The highest BCUT2D eigenvalue weighted by atomic mass is 19.4. The number of hydrogen-bond acceptors (Lipinski definition) is 5. The number of benzene rings is 1. The highest BCUT2D eigenvalue weighted by Crippen LogP contribution is 2.34. The number of likely N-dealkylation sites (N-methyl/N-ethyl adjacent to an activating group) is 1. The van der Waals surface area contributed by atoms with Gasteiger partial charge < -0.3 is 10.2 Å². The van der Waals surface area contributed by atoms with E-state index >= 15 is 0 Å². The van der Waals surface area contributed by atoms with E-state index in [-0.39, 0.29) is 18.7 Å². The van der Waals surface area contributed by atoms with Crippen molar-refractivity contribution in [1.82, 2.24) is 4.90 Å². The first-order chi connectivity index (χ1) is 9.65. The molecule has 0 radical (unpaired) electrons. The van der Waals surface area contributed by atoms with Crippen LogP contribution in [0.25, 0.3) is 0 Å². The maximum absolute atomic E-state index is 12.9. The van der Waals surface area contributed by atoms with Crippen LogP contribution in [0.2, 0.25) is 0 Å². The summed E-state index contributed by atoms with van der Waals surface area (Å²) < 4.78 is 38.8. The molecule has 0 amide bonds. The molecule has 9 heteroatoms. The van der Waals surface area contributed by atoms with Crippen molar-refractivity contribution in [3.05, 3.63) is 39.4 Å². The minimum atomic E-state index is -4.71. The first kappa shape index (κ1) is 17.3. The van der Waals surface area contributed by atoms with Gasteiger partial charge in [-0.3, -0.25) is 15.0 Å². The summed E-state index contributed by atoms with van der Waals surface area (Å²) in [6.07, 6.45) is -5.78. The average Bonchev–Trinajstić information content (AvgIpc) is 2.37. The second-order valence-electron chi connectivity index (χ2n) is 4.63. The molecule has 0 aliphatic heterocycles. The minimum absolute atomic E-state index is 0.0230.